The first-order valence-electron chi connectivity index (χ1n) is 11.5. The minimum atomic E-state index is -0.696. The fourth-order valence-electron chi connectivity index (χ4n) is 4.05. The molecule has 0 unspecified atom stereocenters. The van der Waals surface area contributed by atoms with Crippen molar-refractivity contribution in [2.45, 2.75) is 19.9 Å². The third-order valence-electron chi connectivity index (χ3n) is 5.85. The summed E-state index contributed by atoms with van der Waals surface area (Å²) in [4.78, 5) is 22.0. The van der Waals surface area contributed by atoms with E-state index in [1.54, 1.807) is 41.9 Å². The predicted octanol–water partition coefficient (Wildman–Crippen LogP) is 3.91. The molecule has 12 heteroatoms. The van der Waals surface area contributed by atoms with Crippen molar-refractivity contribution in [3.63, 3.8) is 0 Å². The zero-order chi connectivity index (χ0) is 25.9. The Morgan fingerprint density at radius 3 is 2.76 bits per heavy atom. The van der Waals surface area contributed by atoms with Gasteiger partial charge in [-0.3, -0.25) is 4.68 Å². The zero-order valence-electron chi connectivity index (χ0n) is 19.8. The Morgan fingerprint density at radius 1 is 1.19 bits per heavy atom. The molecule has 4 heterocycles. The highest BCUT2D eigenvalue weighted by molar-refractivity contribution is 5.89. The van der Waals surface area contributed by atoms with Gasteiger partial charge in [0.25, 0.3) is 0 Å². The highest BCUT2D eigenvalue weighted by Gasteiger charge is 2.27. The Labute approximate surface area is 209 Å². The van der Waals surface area contributed by atoms with Crippen LogP contribution in [0.15, 0.2) is 64.7 Å². The largest absolute Gasteiger partial charge is 0.510 e. The summed E-state index contributed by atoms with van der Waals surface area (Å²) >= 11 is 0. The molecule has 10 nitrogen and oxygen atoms in total. The standard InChI is InChI=1S/C25H22F2N6O4/c1-2-36-25(35)16-7-9-32(14-22(16)34)24-18(27)12-28-23(29-24)20-11-21(19-8-10-37-31-19)33(30-20)13-15-5-3-4-6-17(15)26/h3-6,8,10-12,34H,2,7,9,13-14H2,1H3. The molecule has 37 heavy (non-hydrogen) atoms. The quantitative estimate of drug-likeness (QED) is 0.371. The topological polar surface area (TPSA) is 119 Å². The zero-order valence-corrected chi connectivity index (χ0v) is 19.8. The third kappa shape index (κ3) is 4.90. The minimum absolute atomic E-state index is 0.0499. The highest BCUT2D eigenvalue weighted by atomic mass is 19.1. The summed E-state index contributed by atoms with van der Waals surface area (Å²) in [6, 6.07) is 9.63. The minimum Gasteiger partial charge on any atom is -0.510 e. The van der Waals surface area contributed by atoms with Crippen molar-refractivity contribution in [3.8, 4) is 22.9 Å². The Balaban J connectivity index is 1.48. The number of anilines is 1. The van der Waals surface area contributed by atoms with E-state index in [4.69, 9.17) is 9.26 Å². The average Bonchev–Trinajstić information content (AvgIpc) is 3.56. The van der Waals surface area contributed by atoms with E-state index < -0.39 is 11.8 Å². The van der Waals surface area contributed by atoms with Crippen LogP contribution in [0.3, 0.4) is 0 Å². The van der Waals surface area contributed by atoms with Crippen molar-refractivity contribution in [2.75, 3.05) is 24.6 Å². The summed E-state index contributed by atoms with van der Waals surface area (Å²) < 4.78 is 40.6. The second kappa shape index (κ2) is 10.2. The van der Waals surface area contributed by atoms with Gasteiger partial charge in [0.15, 0.2) is 17.5 Å². The van der Waals surface area contributed by atoms with Crippen LogP contribution in [0, 0.1) is 11.6 Å². The van der Waals surface area contributed by atoms with E-state index in [9.17, 15) is 18.7 Å². The van der Waals surface area contributed by atoms with E-state index in [0.29, 0.717) is 22.6 Å². The number of hydrogen-bond donors (Lipinski definition) is 1. The average molecular weight is 508 g/mol. The lowest BCUT2D eigenvalue weighted by Gasteiger charge is -2.28. The van der Waals surface area contributed by atoms with E-state index >= 15 is 0 Å². The molecule has 1 aliphatic rings. The van der Waals surface area contributed by atoms with E-state index in [-0.39, 0.29) is 61.5 Å². The molecule has 0 spiro atoms. The summed E-state index contributed by atoms with van der Waals surface area (Å²) in [5.74, 6) is -1.81. The Morgan fingerprint density at radius 2 is 2.03 bits per heavy atom. The van der Waals surface area contributed by atoms with Gasteiger partial charge in [0.2, 0.25) is 0 Å². The van der Waals surface area contributed by atoms with Crippen LogP contribution in [-0.2, 0) is 16.1 Å². The number of ether oxygens (including phenoxy) is 1. The lowest BCUT2D eigenvalue weighted by molar-refractivity contribution is -0.139. The first-order valence-corrected chi connectivity index (χ1v) is 11.5. The molecule has 1 aliphatic heterocycles. The number of aliphatic hydroxyl groups is 1. The van der Waals surface area contributed by atoms with Crippen LogP contribution in [0.25, 0.3) is 22.9 Å². The van der Waals surface area contributed by atoms with Gasteiger partial charge in [-0.05, 0) is 19.1 Å². The molecule has 0 saturated carbocycles. The number of carbonyl (C=O) groups is 1. The van der Waals surface area contributed by atoms with Crippen LogP contribution in [0.4, 0.5) is 14.6 Å². The van der Waals surface area contributed by atoms with Gasteiger partial charge in [-0.25, -0.2) is 23.5 Å². The molecule has 1 aromatic carbocycles. The molecule has 0 atom stereocenters. The van der Waals surface area contributed by atoms with Gasteiger partial charge in [0, 0.05) is 24.6 Å². The second-order valence-corrected chi connectivity index (χ2v) is 8.23. The number of nitrogens with zero attached hydrogens (tertiary/aromatic N) is 6. The molecule has 1 N–H and O–H groups in total. The van der Waals surface area contributed by atoms with Gasteiger partial charge in [-0.2, -0.15) is 5.10 Å². The van der Waals surface area contributed by atoms with Gasteiger partial charge in [-0.15, -0.1) is 0 Å². The molecule has 190 valence electrons. The number of aromatic nitrogens is 5. The van der Waals surface area contributed by atoms with Crippen LogP contribution in [0.2, 0.25) is 0 Å². The second-order valence-electron chi connectivity index (χ2n) is 8.23. The number of rotatable bonds is 7. The normalized spacial score (nSPS) is 13.8. The van der Waals surface area contributed by atoms with Crippen LogP contribution in [0.5, 0.6) is 0 Å². The highest BCUT2D eigenvalue weighted by Crippen LogP contribution is 2.28. The molecular formula is C25H22F2N6O4. The Kier molecular flexibility index (Phi) is 6.62. The molecule has 5 rings (SSSR count). The molecule has 0 amide bonds. The molecule has 0 aliphatic carbocycles. The number of benzene rings is 1. The molecule has 4 aromatic rings. The summed E-state index contributed by atoms with van der Waals surface area (Å²) in [5, 5.41) is 18.9. The van der Waals surface area contributed by atoms with E-state index in [1.165, 1.54) is 17.2 Å². The van der Waals surface area contributed by atoms with Crippen LogP contribution < -0.4 is 4.90 Å². The van der Waals surface area contributed by atoms with Crippen molar-refractivity contribution < 1.29 is 27.9 Å². The maximum atomic E-state index is 14.8. The number of carbonyl (C=O) groups excluding carboxylic acids is 1. The van der Waals surface area contributed by atoms with Gasteiger partial charge in [-0.1, -0.05) is 23.4 Å². The summed E-state index contributed by atoms with van der Waals surface area (Å²) in [6.45, 7) is 2.08. The summed E-state index contributed by atoms with van der Waals surface area (Å²) in [5.41, 5.74) is 1.88. The van der Waals surface area contributed by atoms with Crippen LogP contribution >= 0.6 is 0 Å². The molecule has 0 saturated heterocycles. The molecule has 0 bridgehead atoms. The molecule has 3 aromatic heterocycles. The maximum absolute atomic E-state index is 14.8. The van der Waals surface area contributed by atoms with Crippen molar-refractivity contribution in [1.82, 2.24) is 24.9 Å². The molecule has 0 fully saturated rings. The number of esters is 1. The Hall–Kier alpha value is -4.61. The monoisotopic (exact) mass is 508 g/mol. The fourth-order valence-corrected chi connectivity index (χ4v) is 4.05. The van der Waals surface area contributed by atoms with Crippen molar-refractivity contribution in [1.29, 1.82) is 0 Å². The van der Waals surface area contributed by atoms with Crippen LogP contribution in [0.1, 0.15) is 18.9 Å². The fraction of sp³-hybridized carbons (Fsp3) is 0.240. The lowest BCUT2D eigenvalue weighted by atomic mass is 10.1. The van der Waals surface area contributed by atoms with E-state index in [0.717, 1.165) is 6.20 Å². The first-order chi connectivity index (χ1) is 17.9. The van der Waals surface area contributed by atoms with E-state index in [2.05, 4.69) is 20.2 Å². The maximum Gasteiger partial charge on any atom is 0.337 e. The third-order valence-corrected chi connectivity index (χ3v) is 5.85. The van der Waals surface area contributed by atoms with Gasteiger partial charge >= 0.3 is 5.97 Å². The number of aliphatic hydroxyl groups excluding tert-OH is 1. The predicted molar refractivity (Wildman–Crippen MR) is 127 cm³/mol. The number of halogens is 2. The Bertz CT molecular complexity index is 1470. The van der Waals surface area contributed by atoms with E-state index in [1.807, 2.05) is 0 Å². The lowest BCUT2D eigenvalue weighted by Crippen LogP contribution is -2.35. The van der Waals surface area contributed by atoms with Gasteiger partial charge in [0.1, 0.15) is 29.2 Å². The van der Waals surface area contributed by atoms with Crippen molar-refractivity contribution >= 4 is 11.8 Å². The van der Waals surface area contributed by atoms with Crippen molar-refractivity contribution in [3.05, 3.63) is 77.4 Å². The van der Waals surface area contributed by atoms with Crippen molar-refractivity contribution in [2.24, 2.45) is 0 Å². The van der Waals surface area contributed by atoms with Gasteiger partial charge < -0.3 is 19.3 Å². The summed E-state index contributed by atoms with van der Waals surface area (Å²) in [7, 11) is 0. The van der Waals surface area contributed by atoms with Crippen LogP contribution in [-0.4, -0.2) is 55.7 Å². The first kappa shape index (κ1) is 24.1. The summed E-state index contributed by atoms with van der Waals surface area (Å²) in [6.07, 6.45) is 2.59. The SMILES string of the molecule is CCOC(=O)C1=C(O)CN(c2nc(-c3cc(-c4ccon4)n(Cc4ccccc4F)n3)ncc2F)CC1. The molecular weight excluding hydrogens is 486 g/mol. The van der Waals surface area contributed by atoms with Gasteiger partial charge in [0.05, 0.1) is 37.2 Å². The number of hydrogen-bond acceptors (Lipinski definition) is 9. The molecule has 0 radical (unpaired) electrons. The smallest absolute Gasteiger partial charge is 0.337 e.